The molecule has 0 spiro atoms. The minimum atomic E-state index is 0.00599. The van der Waals surface area contributed by atoms with Crippen LogP contribution in [0.5, 0.6) is 0 Å². The highest BCUT2D eigenvalue weighted by Gasteiger charge is 2.27. The minimum absolute atomic E-state index is 0.00599. The van der Waals surface area contributed by atoms with Crippen LogP contribution in [0.15, 0.2) is 18.2 Å². The number of nitrogens with two attached hydrogens (primary N) is 1. The third kappa shape index (κ3) is 3.13. The van der Waals surface area contributed by atoms with E-state index in [2.05, 4.69) is 30.7 Å². The van der Waals surface area contributed by atoms with Crippen molar-refractivity contribution in [2.24, 2.45) is 0 Å². The molecule has 21 heavy (non-hydrogen) atoms. The molecule has 0 radical (unpaired) electrons. The van der Waals surface area contributed by atoms with E-state index >= 15 is 0 Å². The molecular formula is C16H26N4O. The monoisotopic (exact) mass is 290 g/mol. The Morgan fingerprint density at radius 1 is 1.24 bits per heavy atom. The number of likely N-dealkylation sites (N-methyl/N-ethyl adjacent to an activating group) is 1. The van der Waals surface area contributed by atoms with Crippen LogP contribution in [0.25, 0.3) is 0 Å². The Labute approximate surface area is 127 Å². The van der Waals surface area contributed by atoms with E-state index in [9.17, 15) is 4.79 Å². The van der Waals surface area contributed by atoms with E-state index in [1.165, 1.54) is 0 Å². The molecule has 2 unspecified atom stereocenters. The van der Waals surface area contributed by atoms with Gasteiger partial charge in [0.25, 0.3) is 5.91 Å². The Hall–Kier alpha value is -1.75. The number of hydrogen-bond acceptors (Lipinski definition) is 4. The van der Waals surface area contributed by atoms with Crippen LogP contribution < -0.4 is 10.6 Å². The summed E-state index contributed by atoms with van der Waals surface area (Å²) in [4.78, 5) is 18.4. The molecule has 1 saturated heterocycles. The summed E-state index contributed by atoms with van der Waals surface area (Å²) in [6.07, 6.45) is 0. The Kier molecular flexibility index (Phi) is 4.42. The molecule has 1 aromatic rings. The van der Waals surface area contributed by atoms with Crippen molar-refractivity contribution in [3.8, 4) is 0 Å². The lowest BCUT2D eigenvalue weighted by atomic mass is 10.1. The average Bonchev–Trinajstić information content (AvgIpc) is 2.44. The zero-order valence-electron chi connectivity index (χ0n) is 13.6. The number of anilines is 2. The predicted octanol–water partition coefficient (Wildman–Crippen LogP) is 1.50. The fourth-order valence-corrected chi connectivity index (χ4v) is 2.81. The van der Waals surface area contributed by atoms with E-state index < -0.39 is 0 Å². The van der Waals surface area contributed by atoms with Gasteiger partial charge in [0.15, 0.2) is 0 Å². The van der Waals surface area contributed by atoms with Gasteiger partial charge in [-0.3, -0.25) is 9.69 Å². The average molecular weight is 290 g/mol. The number of benzene rings is 1. The van der Waals surface area contributed by atoms with Crippen LogP contribution in [0.3, 0.4) is 0 Å². The van der Waals surface area contributed by atoms with Gasteiger partial charge in [0.2, 0.25) is 0 Å². The van der Waals surface area contributed by atoms with Crippen molar-refractivity contribution in [3.05, 3.63) is 23.8 Å². The molecule has 1 aliphatic heterocycles. The highest BCUT2D eigenvalue weighted by atomic mass is 16.2. The molecule has 1 aliphatic rings. The molecular weight excluding hydrogens is 264 g/mol. The number of amides is 1. The molecule has 2 atom stereocenters. The summed E-state index contributed by atoms with van der Waals surface area (Å²) < 4.78 is 0. The fraction of sp³-hybridized carbons (Fsp3) is 0.562. The van der Waals surface area contributed by atoms with Crippen LogP contribution in [-0.4, -0.2) is 62.0 Å². The summed E-state index contributed by atoms with van der Waals surface area (Å²) in [6.45, 7) is 6.27. The number of carbonyl (C=O) groups is 1. The zero-order valence-corrected chi connectivity index (χ0v) is 13.6. The lowest BCUT2D eigenvalue weighted by Gasteiger charge is -2.43. The van der Waals surface area contributed by atoms with Gasteiger partial charge in [0.1, 0.15) is 0 Å². The Bertz CT molecular complexity index is 517. The van der Waals surface area contributed by atoms with Crippen molar-refractivity contribution in [1.82, 2.24) is 9.80 Å². The van der Waals surface area contributed by atoms with E-state index in [0.717, 1.165) is 24.5 Å². The van der Waals surface area contributed by atoms with Gasteiger partial charge in [-0.2, -0.15) is 0 Å². The quantitative estimate of drug-likeness (QED) is 0.839. The van der Waals surface area contributed by atoms with Crippen molar-refractivity contribution >= 4 is 17.3 Å². The molecule has 1 aromatic carbocycles. The molecule has 2 rings (SSSR count). The molecule has 5 nitrogen and oxygen atoms in total. The van der Waals surface area contributed by atoms with Crippen LogP contribution in [0, 0.1) is 0 Å². The SMILES string of the molecule is CC1CN(c2cc(C(=O)N(C)C)ccc2N)CC(C)N1C. The number of piperazine rings is 1. The van der Waals surface area contributed by atoms with Crippen molar-refractivity contribution in [3.63, 3.8) is 0 Å². The molecule has 2 N–H and O–H groups in total. The largest absolute Gasteiger partial charge is 0.397 e. The van der Waals surface area contributed by atoms with Gasteiger partial charge >= 0.3 is 0 Å². The Balaban J connectivity index is 2.31. The summed E-state index contributed by atoms with van der Waals surface area (Å²) in [5.74, 6) is 0.00599. The fourth-order valence-electron chi connectivity index (χ4n) is 2.81. The minimum Gasteiger partial charge on any atom is -0.397 e. The summed E-state index contributed by atoms with van der Waals surface area (Å²) in [7, 11) is 5.68. The van der Waals surface area contributed by atoms with Crippen LogP contribution in [-0.2, 0) is 0 Å². The van der Waals surface area contributed by atoms with Crippen LogP contribution in [0.1, 0.15) is 24.2 Å². The van der Waals surface area contributed by atoms with Crippen LogP contribution in [0.2, 0.25) is 0 Å². The third-order valence-electron chi connectivity index (χ3n) is 4.38. The number of rotatable bonds is 2. The van der Waals surface area contributed by atoms with Crippen molar-refractivity contribution in [2.75, 3.05) is 44.9 Å². The van der Waals surface area contributed by atoms with Gasteiger partial charge in [-0.05, 0) is 39.1 Å². The second kappa shape index (κ2) is 5.93. The standard InChI is InChI=1S/C16H26N4O/c1-11-9-20(10-12(2)19(11)5)15-8-13(6-7-14(15)17)16(21)18(3)4/h6-8,11-12H,9-10,17H2,1-5H3. The van der Waals surface area contributed by atoms with Crippen molar-refractivity contribution in [1.29, 1.82) is 0 Å². The second-order valence-electron chi connectivity index (χ2n) is 6.24. The number of hydrogen-bond donors (Lipinski definition) is 1. The number of nitrogen functional groups attached to an aromatic ring is 1. The first-order valence-corrected chi connectivity index (χ1v) is 7.39. The topological polar surface area (TPSA) is 52.8 Å². The molecule has 0 aromatic heterocycles. The van der Waals surface area contributed by atoms with Gasteiger partial charge in [-0.25, -0.2) is 0 Å². The van der Waals surface area contributed by atoms with Gasteiger partial charge in [-0.1, -0.05) is 0 Å². The van der Waals surface area contributed by atoms with Crippen molar-refractivity contribution in [2.45, 2.75) is 25.9 Å². The molecule has 1 amide bonds. The van der Waals surface area contributed by atoms with Crippen molar-refractivity contribution < 1.29 is 4.79 Å². The second-order valence-corrected chi connectivity index (χ2v) is 6.24. The van der Waals surface area contributed by atoms with E-state index in [-0.39, 0.29) is 5.91 Å². The third-order valence-corrected chi connectivity index (χ3v) is 4.38. The van der Waals surface area contributed by atoms with Gasteiger partial charge in [-0.15, -0.1) is 0 Å². The molecule has 1 fully saturated rings. The van der Waals surface area contributed by atoms with Gasteiger partial charge in [0, 0.05) is 44.8 Å². The molecule has 0 saturated carbocycles. The first-order chi connectivity index (χ1) is 9.81. The Morgan fingerprint density at radius 2 is 1.81 bits per heavy atom. The molecule has 0 bridgehead atoms. The highest BCUT2D eigenvalue weighted by molar-refractivity contribution is 5.96. The maximum Gasteiger partial charge on any atom is 0.253 e. The van der Waals surface area contributed by atoms with E-state index in [1.807, 2.05) is 12.1 Å². The van der Waals surface area contributed by atoms with E-state index in [0.29, 0.717) is 17.6 Å². The number of nitrogens with zero attached hydrogens (tertiary/aromatic N) is 3. The summed E-state index contributed by atoms with van der Waals surface area (Å²) in [6, 6.07) is 6.47. The van der Waals surface area contributed by atoms with Gasteiger partial charge in [0.05, 0.1) is 11.4 Å². The normalized spacial score (nSPS) is 23.2. The molecule has 1 heterocycles. The summed E-state index contributed by atoms with van der Waals surface area (Å²) in [5, 5.41) is 0. The van der Waals surface area contributed by atoms with E-state index in [4.69, 9.17) is 5.73 Å². The maximum absolute atomic E-state index is 12.1. The number of carbonyl (C=O) groups excluding carboxylic acids is 1. The molecule has 5 heteroatoms. The summed E-state index contributed by atoms with van der Waals surface area (Å²) >= 11 is 0. The van der Waals surface area contributed by atoms with Crippen LogP contribution in [0.4, 0.5) is 11.4 Å². The molecule has 0 aliphatic carbocycles. The zero-order chi connectivity index (χ0) is 15.7. The van der Waals surface area contributed by atoms with Crippen LogP contribution >= 0.6 is 0 Å². The lowest BCUT2D eigenvalue weighted by molar-refractivity contribution is 0.0827. The maximum atomic E-state index is 12.1. The smallest absolute Gasteiger partial charge is 0.253 e. The summed E-state index contributed by atoms with van der Waals surface area (Å²) in [5.41, 5.74) is 8.52. The first-order valence-electron chi connectivity index (χ1n) is 7.39. The predicted molar refractivity (Wildman–Crippen MR) is 87.8 cm³/mol. The molecule has 116 valence electrons. The van der Waals surface area contributed by atoms with E-state index in [1.54, 1.807) is 25.1 Å². The first kappa shape index (κ1) is 15.6. The Morgan fingerprint density at radius 3 is 2.33 bits per heavy atom. The highest BCUT2D eigenvalue weighted by Crippen LogP contribution is 2.28. The van der Waals surface area contributed by atoms with Gasteiger partial charge < -0.3 is 15.5 Å². The lowest BCUT2D eigenvalue weighted by Crippen LogP contribution is -2.55.